The van der Waals surface area contributed by atoms with Crippen molar-refractivity contribution >= 4 is 0 Å². The van der Waals surface area contributed by atoms with Gasteiger partial charge in [0.2, 0.25) is 0 Å². The number of hydrogen-bond donors (Lipinski definition) is 0. The van der Waals surface area contributed by atoms with Crippen LogP contribution in [0.5, 0.6) is 5.75 Å². The van der Waals surface area contributed by atoms with Crippen LogP contribution in [0.15, 0.2) is 36.7 Å². The summed E-state index contributed by atoms with van der Waals surface area (Å²) in [4.78, 5) is 0. The number of ether oxygens (including phenoxy) is 1. The third-order valence-corrected chi connectivity index (χ3v) is 2.51. The van der Waals surface area contributed by atoms with E-state index in [1.54, 1.807) is 24.3 Å². The van der Waals surface area contributed by atoms with Crippen LogP contribution in [0.2, 0.25) is 0 Å². The molecule has 0 aliphatic carbocycles. The van der Waals surface area contributed by atoms with Gasteiger partial charge in [0.1, 0.15) is 12.4 Å². The number of hydrogen-bond acceptors (Lipinski definition) is 3. The molecule has 0 N–H and O–H groups in total. The fraction of sp³-hybridized carbons (Fsp3) is 0.231. The smallest absolute Gasteiger partial charge is 0.419 e. The molecule has 0 saturated heterocycles. The highest BCUT2D eigenvalue weighted by Crippen LogP contribution is 2.28. The van der Waals surface area contributed by atoms with Crippen LogP contribution >= 0.6 is 0 Å². The lowest BCUT2D eigenvalue weighted by molar-refractivity contribution is -0.137. The summed E-state index contributed by atoms with van der Waals surface area (Å²) in [5.41, 5.74) is -0.329. The molecule has 1 aromatic heterocycles. The molecule has 0 aliphatic rings. The van der Waals surface area contributed by atoms with Gasteiger partial charge in [-0.15, -0.1) is 0 Å². The number of halogens is 3. The molecule has 1 heterocycles. The van der Waals surface area contributed by atoms with E-state index in [-0.39, 0.29) is 13.2 Å². The van der Waals surface area contributed by atoms with Crippen LogP contribution < -0.4 is 4.74 Å². The molecule has 2 rings (SSSR count). The molecular formula is C13H10F3N3O. The first-order chi connectivity index (χ1) is 9.49. The van der Waals surface area contributed by atoms with Gasteiger partial charge < -0.3 is 4.74 Å². The second-order valence-corrected chi connectivity index (χ2v) is 3.98. The number of nitrogens with zero attached hydrogens (tertiary/aromatic N) is 3. The molecule has 0 fully saturated rings. The summed E-state index contributed by atoms with van der Waals surface area (Å²) in [7, 11) is 0. The Morgan fingerprint density at radius 3 is 2.80 bits per heavy atom. The molecule has 7 heteroatoms. The van der Waals surface area contributed by atoms with Crippen LogP contribution in [0.4, 0.5) is 13.2 Å². The maximum atomic E-state index is 12.4. The standard InChI is InChI=1S/C13H10F3N3O/c14-13(15,16)11-8-18-19(9-11)4-5-20-12-3-1-2-10(6-12)7-17/h1-3,6,8-9H,4-5H2. The zero-order chi connectivity index (χ0) is 14.6. The van der Waals surface area contributed by atoms with E-state index in [4.69, 9.17) is 10.00 Å². The summed E-state index contributed by atoms with van der Waals surface area (Å²) in [6, 6.07) is 8.51. The first-order valence-electron chi connectivity index (χ1n) is 5.71. The van der Waals surface area contributed by atoms with Crippen molar-refractivity contribution in [1.29, 1.82) is 5.26 Å². The number of alkyl halides is 3. The molecule has 4 nitrogen and oxygen atoms in total. The van der Waals surface area contributed by atoms with Gasteiger partial charge in [-0.05, 0) is 18.2 Å². The minimum absolute atomic E-state index is 0.161. The number of aromatic nitrogens is 2. The van der Waals surface area contributed by atoms with Crippen LogP contribution in [0, 0.1) is 11.3 Å². The highest BCUT2D eigenvalue weighted by Gasteiger charge is 2.32. The van der Waals surface area contributed by atoms with Gasteiger partial charge in [-0.25, -0.2) is 0 Å². The van der Waals surface area contributed by atoms with Gasteiger partial charge in [0.25, 0.3) is 0 Å². The second-order valence-electron chi connectivity index (χ2n) is 3.98. The molecule has 1 aromatic carbocycles. The van der Waals surface area contributed by atoms with Crippen molar-refractivity contribution in [2.24, 2.45) is 0 Å². The third kappa shape index (κ3) is 3.51. The third-order valence-electron chi connectivity index (χ3n) is 2.51. The Hall–Kier alpha value is -2.49. The molecule has 20 heavy (non-hydrogen) atoms. The van der Waals surface area contributed by atoms with Crippen LogP contribution in [0.1, 0.15) is 11.1 Å². The van der Waals surface area contributed by atoms with Crippen molar-refractivity contribution in [3.63, 3.8) is 0 Å². The largest absolute Gasteiger partial charge is 0.492 e. The monoisotopic (exact) mass is 281 g/mol. The lowest BCUT2D eigenvalue weighted by atomic mass is 10.2. The Morgan fingerprint density at radius 1 is 1.35 bits per heavy atom. The van der Waals surface area contributed by atoms with Gasteiger partial charge in [-0.3, -0.25) is 4.68 Å². The molecule has 0 unspecified atom stereocenters. The Bertz CT molecular complexity index is 628. The summed E-state index contributed by atoms with van der Waals surface area (Å²) in [6.45, 7) is 0.348. The number of benzene rings is 1. The maximum absolute atomic E-state index is 12.4. The van der Waals surface area contributed by atoms with Gasteiger partial charge >= 0.3 is 6.18 Å². The SMILES string of the molecule is N#Cc1cccc(OCCn2cc(C(F)(F)F)cn2)c1. The molecule has 0 saturated carbocycles. The minimum Gasteiger partial charge on any atom is -0.492 e. The van der Waals surface area contributed by atoms with Crippen molar-refractivity contribution in [3.05, 3.63) is 47.8 Å². The fourth-order valence-corrected chi connectivity index (χ4v) is 1.54. The molecule has 0 radical (unpaired) electrons. The highest BCUT2D eigenvalue weighted by molar-refractivity contribution is 5.36. The molecule has 0 spiro atoms. The van der Waals surface area contributed by atoms with E-state index in [0.717, 1.165) is 17.1 Å². The van der Waals surface area contributed by atoms with E-state index < -0.39 is 11.7 Å². The van der Waals surface area contributed by atoms with E-state index in [2.05, 4.69) is 5.10 Å². The number of nitriles is 1. The van der Waals surface area contributed by atoms with Crippen LogP contribution in [0.25, 0.3) is 0 Å². The van der Waals surface area contributed by atoms with E-state index in [0.29, 0.717) is 11.3 Å². The Morgan fingerprint density at radius 2 is 2.15 bits per heavy atom. The maximum Gasteiger partial charge on any atom is 0.419 e. The van der Waals surface area contributed by atoms with Gasteiger partial charge in [0.05, 0.1) is 29.9 Å². The Kier molecular flexibility index (Phi) is 3.94. The molecule has 0 bridgehead atoms. The molecule has 2 aromatic rings. The summed E-state index contributed by atoms with van der Waals surface area (Å²) >= 11 is 0. The predicted octanol–water partition coefficient (Wildman–Crippen LogP) is 2.85. The Labute approximate surface area is 113 Å². The van der Waals surface area contributed by atoms with E-state index >= 15 is 0 Å². The zero-order valence-corrected chi connectivity index (χ0v) is 10.3. The second kappa shape index (κ2) is 5.65. The van der Waals surface area contributed by atoms with Gasteiger partial charge in [-0.1, -0.05) is 6.07 Å². The van der Waals surface area contributed by atoms with E-state index in [1.165, 1.54) is 0 Å². The first-order valence-corrected chi connectivity index (χ1v) is 5.71. The topological polar surface area (TPSA) is 50.8 Å². The highest BCUT2D eigenvalue weighted by atomic mass is 19.4. The van der Waals surface area contributed by atoms with E-state index in [1.807, 2.05) is 6.07 Å². The van der Waals surface area contributed by atoms with E-state index in [9.17, 15) is 13.2 Å². The lowest BCUT2D eigenvalue weighted by Crippen LogP contribution is -2.09. The average molecular weight is 281 g/mol. The summed E-state index contributed by atoms with van der Waals surface area (Å²) in [5, 5.41) is 12.3. The minimum atomic E-state index is -4.39. The molecule has 0 aliphatic heterocycles. The molecule has 0 amide bonds. The molecule has 104 valence electrons. The van der Waals surface area contributed by atoms with Crippen LogP contribution in [-0.4, -0.2) is 16.4 Å². The fourth-order valence-electron chi connectivity index (χ4n) is 1.54. The Balaban J connectivity index is 1.90. The van der Waals surface area contributed by atoms with Gasteiger partial charge in [-0.2, -0.15) is 23.5 Å². The summed E-state index contributed by atoms with van der Waals surface area (Å²) in [5.74, 6) is 0.493. The predicted molar refractivity (Wildman–Crippen MR) is 63.9 cm³/mol. The molecule has 0 atom stereocenters. The zero-order valence-electron chi connectivity index (χ0n) is 10.3. The van der Waals surface area contributed by atoms with Crippen molar-refractivity contribution in [3.8, 4) is 11.8 Å². The van der Waals surface area contributed by atoms with Crippen molar-refractivity contribution in [1.82, 2.24) is 9.78 Å². The lowest BCUT2D eigenvalue weighted by Gasteiger charge is -2.06. The average Bonchev–Trinajstić information content (AvgIpc) is 2.88. The van der Waals surface area contributed by atoms with Crippen molar-refractivity contribution in [2.75, 3.05) is 6.61 Å². The van der Waals surface area contributed by atoms with Crippen LogP contribution in [-0.2, 0) is 12.7 Å². The quantitative estimate of drug-likeness (QED) is 0.865. The van der Waals surface area contributed by atoms with Crippen LogP contribution in [0.3, 0.4) is 0 Å². The number of rotatable bonds is 4. The molecular weight excluding hydrogens is 271 g/mol. The normalized spacial score (nSPS) is 11.1. The van der Waals surface area contributed by atoms with Gasteiger partial charge in [0.15, 0.2) is 0 Å². The first kappa shape index (κ1) is 13.9. The summed E-state index contributed by atoms with van der Waals surface area (Å²) in [6.07, 6.45) is -2.69. The van der Waals surface area contributed by atoms with Gasteiger partial charge in [0, 0.05) is 6.20 Å². The van der Waals surface area contributed by atoms with Crippen molar-refractivity contribution in [2.45, 2.75) is 12.7 Å². The van der Waals surface area contributed by atoms with Crippen molar-refractivity contribution < 1.29 is 17.9 Å². The summed E-state index contributed by atoms with van der Waals surface area (Å²) < 4.78 is 43.6.